The third-order valence-corrected chi connectivity index (χ3v) is 7.24. The molecule has 3 N–H and O–H groups in total. The normalized spacial score (nSPS) is 11.8. The van der Waals surface area contributed by atoms with Crippen molar-refractivity contribution in [2.24, 2.45) is 0 Å². The van der Waals surface area contributed by atoms with Gasteiger partial charge in [0.15, 0.2) is 0 Å². The minimum absolute atomic E-state index is 0.0596. The molecule has 3 aromatic carbocycles. The van der Waals surface area contributed by atoms with E-state index in [1.807, 2.05) is 25.1 Å². The molecule has 0 spiro atoms. The number of rotatable bonds is 9. The van der Waals surface area contributed by atoms with Gasteiger partial charge in [-0.1, -0.05) is 48.0 Å². The molecule has 0 radical (unpaired) electrons. The number of pyridine rings is 1. The van der Waals surface area contributed by atoms with Gasteiger partial charge in [-0.25, -0.2) is 0 Å². The molecule has 4 aromatic rings. The molecule has 0 saturated carbocycles. The van der Waals surface area contributed by atoms with Crippen LogP contribution in [0.2, 0.25) is 5.02 Å². The zero-order chi connectivity index (χ0) is 28.5. The Morgan fingerprint density at radius 3 is 2.40 bits per heavy atom. The van der Waals surface area contributed by atoms with Gasteiger partial charge in [-0.3, -0.25) is 19.4 Å². The highest BCUT2D eigenvalue weighted by molar-refractivity contribution is 8.00. The molecule has 1 unspecified atom stereocenters. The van der Waals surface area contributed by atoms with Crippen molar-refractivity contribution < 1.29 is 14.4 Å². The van der Waals surface area contributed by atoms with Gasteiger partial charge in [0.1, 0.15) is 5.70 Å². The highest BCUT2D eigenvalue weighted by Crippen LogP contribution is 2.27. The Morgan fingerprint density at radius 2 is 1.68 bits per heavy atom. The van der Waals surface area contributed by atoms with Crippen LogP contribution in [-0.2, 0) is 9.59 Å². The van der Waals surface area contributed by atoms with Crippen molar-refractivity contribution in [2.45, 2.75) is 24.0 Å². The first-order chi connectivity index (χ1) is 19.3. The standard InChI is InChI=1S/C31H27ClN4O3S/c1-20-13-14-25(18-27(20)32)34-29(37)21(2)40-26-12-6-11-24(17-26)35-31(39)28(16-22-8-7-15-33-19-22)36-30(38)23-9-4-3-5-10-23/h3-19,21H,1-2H3,(H,34,37)(H,35,39)(H,36,38)/b28-16-. The average molecular weight is 571 g/mol. The summed E-state index contributed by atoms with van der Waals surface area (Å²) in [5.74, 6) is -1.09. The van der Waals surface area contributed by atoms with Crippen molar-refractivity contribution in [3.05, 3.63) is 125 Å². The fourth-order valence-corrected chi connectivity index (χ4v) is 4.70. The first-order valence-electron chi connectivity index (χ1n) is 12.4. The van der Waals surface area contributed by atoms with Crippen LogP contribution in [0.1, 0.15) is 28.4 Å². The number of thioether (sulfide) groups is 1. The number of halogens is 1. The van der Waals surface area contributed by atoms with E-state index in [-0.39, 0.29) is 11.6 Å². The lowest BCUT2D eigenvalue weighted by atomic mass is 10.2. The number of anilines is 2. The monoisotopic (exact) mass is 570 g/mol. The summed E-state index contributed by atoms with van der Waals surface area (Å²) in [6, 6.07) is 24.7. The maximum atomic E-state index is 13.3. The van der Waals surface area contributed by atoms with E-state index in [4.69, 9.17) is 11.6 Å². The smallest absolute Gasteiger partial charge is 0.272 e. The summed E-state index contributed by atoms with van der Waals surface area (Å²) < 4.78 is 0. The molecule has 0 aliphatic carbocycles. The average Bonchev–Trinajstić information content (AvgIpc) is 2.95. The second-order valence-corrected chi connectivity index (χ2v) is 10.7. The first-order valence-corrected chi connectivity index (χ1v) is 13.7. The highest BCUT2D eigenvalue weighted by Gasteiger charge is 2.17. The zero-order valence-electron chi connectivity index (χ0n) is 21.9. The van der Waals surface area contributed by atoms with E-state index in [1.165, 1.54) is 11.8 Å². The van der Waals surface area contributed by atoms with Crippen molar-refractivity contribution in [3.63, 3.8) is 0 Å². The van der Waals surface area contributed by atoms with Crippen LogP contribution in [0, 0.1) is 6.92 Å². The number of carbonyl (C=O) groups excluding carboxylic acids is 3. The number of nitrogens with one attached hydrogen (secondary N) is 3. The number of benzene rings is 3. The van der Waals surface area contributed by atoms with Crippen LogP contribution in [0.25, 0.3) is 6.08 Å². The number of nitrogens with zero attached hydrogens (tertiary/aromatic N) is 1. The first kappa shape index (κ1) is 28.6. The molecule has 9 heteroatoms. The molecule has 202 valence electrons. The number of aryl methyl sites for hydroxylation is 1. The predicted molar refractivity (Wildman–Crippen MR) is 161 cm³/mol. The quantitative estimate of drug-likeness (QED) is 0.156. The van der Waals surface area contributed by atoms with Crippen LogP contribution in [0.15, 0.2) is 108 Å². The molecule has 0 aliphatic rings. The summed E-state index contributed by atoms with van der Waals surface area (Å²) >= 11 is 7.52. The third-order valence-electron chi connectivity index (χ3n) is 5.74. The zero-order valence-corrected chi connectivity index (χ0v) is 23.4. The van der Waals surface area contributed by atoms with Crippen LogP contribution < -0.4 is 16.0 Å². The Kier molecular flexibility index (Phi) is 9.72. The van der Waals surface area contributed by atoms with E-state index >= 15 is 0 Å². The fourth-order valence-electron chi connectivity index (χ4n) is 3.59. The lowest BCUT2D eigenvalue weighted by Crippen LogP contribution is -2.30. The molecule has 0 fully saturated rings. The SMILES string of the molecule is Cc1ccc(NC(=O)C(C)Sc2cccc(NC(=O)/C(=C/c3cccnc3)NC(=O)c3ccccc3)c2)cc1Cl. The summed E-state index contributed by atoms with van der Waals surface area (Å²) in [5, 5.41) is 8.59. The Labute approximate surface area is 242 Å². The summed E-state index contributed by atoms with van der Waals surface area (Å²) in [6.07, 6.45) is 4.78. The second-order valence-electron chi connectivity index (χ2n) is 8.86. The lowest BCUT2D eigenvalue weighted by Gasteiger charge is -2.14. The van der Waals surface area contributed by atoms with Gasteiger partial charge in [-0.2, -0.15) is 0 Å². The number of amides is 3. The molecular formula is C31H27ClN4O3S. The third kappa shape index (κ3) is 8.05. The molecule has 4 rings (SSSR count). The summed E-state index contributed by atoms with van der Waals surface area (Å²) in [5.41, 5.74) is 3.20. The van der Waals surface area contributed by atoms with Gasteiger partial charge in [-0.15, -0.1) is 11.8 Å². The van der Waals surface area contributed by atoms with Gasteiger partial charge in [0.05, 0.1) is 5.25 Å². The minimum Gasteiger partial charge on any atom is -0.325 e. The van der Waals surface area contributed by atoms with E-state index in [0.29, 0.717) is 27.5 Å². The number of hydrogen-bond donors (Lipinski definition) is 3. The lowest BCUT2D eigenvalue weighted by molar-refractivity contribution is -0.115. The summed E-state index contributed by atoms with van der Waals surface area (Å²) in [6.45, 7) is 3.70. The van der Waals surface area contributed by atoms with E-state index < -0.39 is 17.1 Å². The molecule has 3 amide bonds. The Bertz CT molecular complexity index is 1540. The van der Waals surface area contributed by atoms with Crippen molar-refractivity contribution in [1.29, 1.82) is 0 Å². The van der Waals surface area contributed by atoms with Crippen molar-refractivity contribution in [1.82, 2.24) is 10.3 Å². The second kappa shape index (κ2) is 13.6. The molecule has 40 heavy (non-hydrogen) atoms. The van der Waals surface area contributed by atoms with E-state index in [9.17, 15) is 14.4 Å². The topological polar surface area (TPSA) is 100 Å². The largest absolute Gasteiger partial charge is 0.325 e. The van der Waals surface area contributed by atoms with Crippen LogP contribution in [0.5, 0.6) is 0 Å². The van der Waals surface area contributed by atoms with Crippen molar-refractivity contribution in [3.8, 4) is 0 Å². The van der Waals surface area contributed by atoms with Gasteiger partial charge in [0.25, 0.3) is 11.8 Å². The Hall–Kier alpha value is -4.40. The molecule has 0 bridgehead atoms. The van der Waals surface area contributed by atoms with E-state index in [2.05, 4.69) is 20.9 Å². The van der Waals surface area contributed by atoms with Crippen LogP contribution >= 0.6 is 23.4 Å². The van der Waals surface area contributed by atoms with Gasteiger partial charge in [0, 0.05) is 39.3 Å². The Balaban J connectivity index is 1.45. The molecule has 0 saturated heterocycles. The van der Waals surface area contributed by atoms with Gasteiger partial charge in [0.2, 0.25) is 5.91 Å². The maximum absolute atomic E-state index is 13.3. The number of hydrogen-bond acceptors (Lipinski definition) is 5. The molecule has 1 aromatic heterocycles. The van der Waals surface area contributed by atoms with Gasteiger partial charge >= 0.3 is 0 Å². The fraction of sp³-hybridized carbons (Fsp3) is 0.0968. The summed E-state index contributed by atoms with van der Waals surface area (Å²) in [7, 11) is 0. The van der Waals surface area contributed by atoms with Crippen molar-refractivity contribution >= 4 is 58.5 Å². The van der Waals surface area contributed by atoms with Crippen LogP contribution in [-0.4, -0.2) is 28.0 Å². The molecular weight excluding hydrogens is 544 g/mol. The number of carbonyl (C=O) groups is 3. The molecule has 1 heterocycles. The predicted octanol–water partition coefficient (Wildman–Crippen LogP) is 6.57. The maximum Gasteiger partial charge on any atom is 0.272 e. The van der Waals surface area contributed by atoms with Gasteiger partial charge < -0.3 is 16.0 Å². The highest BCUT2D eigenvalue weighted by atomic mass is 35.5. The number of aromatic nitrogens is 1. The van der Waals surface area contributed by atoms with E-state index in [0.717, 1.165) is 10.5 Å². The van der Waals surface area contributed by atoms with Crippen LogP contribution in [0.3, 0.4) is 0 Å². The molecule has 1 atom stereocenters. The Morgan fingerprint density at radius 1 is 0.900 bits per heavy atom. The van der Waals surface area contributed by atoms with Crippen LogP contribution in [0.4, 0.5) is 11.4 Å². The molecule has 0 aliphatic heterocycles. The van der Waals surface area contributed by atoms with Gasteiger partial charge in [-0.05, 0) is 79.6 Å². The minimum atomic E-state index is -0.502. The van der Waals surface area contributed by atoms with Crippen molar-refractivity contribution in [2.75, 3.05) is 10.6 Å². The molecule has 7 nitrogen and oxygen atoms in total. The summed E-state index contributed by atoms with van der Waals surface area (Å²) in [4.78, 5) is 43.7. The van der Waals surface area contributed by atoms with E-state index in [1.54, 1.807) is 92.1 Å².